The molecule has 0 radical (unpaired) electrons. The average molecular weight is 376 g/mol. The molecule has 0 aliphatic heterocycles. The van der Waals surface area contributed by atoms with Crippen LogP contribution in [0.5, 0.6) is 23.0 Å². The predicted molar refractivity (Wildman–Crippen MR) is 103 cm³/mol. The molecule has 0 heterocycles. The summed E-state index contributed by atoms with van der Waals surface area (Å²) in [6, 6.07) is 15.0. The molecule has 148 valence electrons. The van der Waals surface area contributed by atoms with Gasteiger partial charge in [-0.1, -0.05) is 0 Å². The second kappa shape index (κ2) is 12.8. The summed E-state index contributed by atoms with van der Waals surface area (Å²) in [5.41, 5.74) is 0. The summed E-state index contributed by atoms with van der Waals surface area (Å²) < 4.78 is 32.7. The van der Waals surface area contributed by atoms with E-state index in [0.29, 0.717) is 39.6 Å². The van der Waals surface area contributed by atoms with E-state index in [9.17, 15) is 0 Å². The van der Waals surface area contributed by atoms with Crippen molar-refractivity contribution in [2.45, 2.75) is 13.8 Å². The molecule has 2 aromatic rings. The van der Waals surface area contributed by atoms with E-state index in [0.717, 1.165) is 23.0 Å². The van der Waals surface area contributed by atoms with Crippen LogP contribution in [0.3, 0.4) is 0 Å². The van der Waals surface area contributed by atoms with Crippen LogP contribution in [0, 0.1) is 0 Å². The molecule has 2 rings (SSSR count). The van der Waals surface area contributed by atoms with Gasteiger partial charge in [0.05, 0.1) is 26.4 Å². The number of hydrogen-bond acceptors (Lipinski definition) is 6. The summed E-state index contributed by atoms with van der Waals surface area (Å²) >= 11 is 0. The van der Waals surface area contributed by atoms with Gasteiger partial charge in [0.15, 0.2) is 0 Å². The van der Waals surface area contributed by atoms with E-state index in [1.54, 1.807) is 0 Å². The fourth-order valence-electron chi connectivity index (χ4n) is 2.21. The first-order valence-corrected chi connectivity index (χ1v) is 9.18. The van der Waals surface area contributed by atoms with Crippen molar-refractivity contribution in [2.24, 2.45) is 0 Å². The van der Waals surface area contributed by atoms with Crippen molar-refractivity contribution in [3.05, 3.63) is 48.5 Å². The van der Waals surface area contributed by atoms with Gasteiger partial charge < -0.3 is 28.4 Å². The SMILES string of the molecule is CCOc1ccc(OCCOCOCCOc2ccc(OCC)cc2)cc1. The fraction of sp³-hybridized carbons (Fsp3) is 0.429. The number of benzene rings is 2. The zero-order chi connectivity index (χ0) is 19.2. The number of rotatable bonds is 14. The Hall–Kier alpha value is -2.44. The highest BCUT2D eigenvalue weighted by molar-refractivity contribution is 5.31. The third kappa shape index (κ3) is 8.66. The molecule has 0 aromatic heterocycles. The maximum atomic E-state index is 5.58. The minimum absolute atomic E-state index is 0.208. The summed E-state index contributed by atoms with van der Waals surface area (Å²) in [6.07, 6.45) is 0. The van der Waals surface area contributed by atoms with Crippen molar-refractivity contribution < 1.29 is 28.4 Å². The highest BCUT2D eigenvalue weighted by atomic mass is 16.7. The molecule has 0 spiro atoms. The molecule has 0 aliphatic rings. The Bertz CT molecular complexity index is 556. The number of hydrogen-bond donors (Lipinski definition) is 0. The van der Waals surface area contributed by atoms with Gasteiger partial charge in [-0.25, -0.2) is 0 Å². The molecule has 0 saturated heterocycles. The first-order chi connectivity index (χ1) is 13.3. The molecule has 0 N–H and O–H groups in total. The van der Waals surface area contributed by atoms with Crippen molar-refractivity contribution in [3.8, 4) is 23.0 Å². The van der Waals surface area contributed by atoms with Crippen LogP contribution in [0.4, 0.5) is 0 Å². The quantitative estimate of drug-likeness (QED) is 0.368. The standard InChI is InChI=1S/C21H28O6/c1-3-24-18-5-9-20(10-6-18)26-15-13-22-17-23-14-16-27-21-11-7-19(8-12-21)25-4-2/h5-12H,3-4,13-17H2,1-2H3. The Balaban J connectivity index is 1.45. The Morgan fingerprint density at radius 3 is 1.15 bits per heavy atom. The summed E-state index contributed by atoms with van der Waals surface area (Å²) in [6.45, 7) is 7.24. The molecule has 6 heteroatoms. The molecule has 0 unspecified atom stereocenters. The molecule has 0 fully saturated rings. The summed E-state index contributed by atoms with van der Waals surface area (Å²) in [5.74, 6) is 3.24. The molecule has 0 atom stereocenters. The second-order valence-corrected chi connectivity index (χ2v) is 5.44. The molecule has 0 amide bonds. The predicted octanol–water partition coefficient (Wildman–Crippen LogP) is 3.93. The highest BCUT2D eigenvalue weighted by Gasteiger charge is 1.98. The van der Waals surface area contributed by atoms with Crippen LogP contribution in [0.1, 0.15) is 13.8 Å². The van der Waals surface area contributed by atoms with Crippen molar-refractivity contribution in [3.63, 3.8) is 0 Å². The minimum Gasteiger partial charge on any atom is -0.494 e. The van der Waals surface area contributed by atoms with Crippen LogP contribution in [0.25, 0.3) is 0 Å². The summed E-state index contributed by atoms with van der Waals surface area (Å²) in [5, 5.41) is 0. The Morgan fingerprint density at radius 2 is 0.815 bits per heavy atom. The molecule has 2 aromatic carbocycles. The molecule has 0 bridgehead atoms. The van der Waals surface area contributed by atoms with E-state index < -0.39 is 0 Å². The lowest BCUT2D eigenvalue weighted by atomic mass is 10.3. The van der Waals surface area contributed by atoms with Crippen LogP contribution in [-0.2, 0) is 9.47 Å². The fourth-order valence-corrected chi connectivity index (χ4v) is 2.21. The first kappa shape index (κ1) is 20.9. The van der Waals surface area contributed by atoms with Crippen LogP contribution in [0.2, 0.25) is 0 Å². The van der Waals surface area contributed by atoms with Gasteiger partial charge in [-0.3, -0.25) is 0 Å². The molecule has 27 heavy (non-hydrogen) atoms. The maximum absolute atomic E-state index is 5.58. The zero-order valence-electron chi connectivity index (χ0n) is 16.0. The van der Waals surface area contributed by atoms with Crippen molar-refractivity contribution in [1.29, 1.82) is 0 Å². The van der Waals surface area contributed by atoms with Crippen LogP contribution in [0.15, 0.2) is 48.5 Å². The minimum atomic E-state index is 0.208. The van der Waals surface area contributed by atoms with Crippen LogP contribution in [-0.4, -0.2) is 46.4 Å². The van der Waals surface area contributed by atoms with Crippen molar-refractivity contribution >= 4 is 0 Å². The lowest BCUT2D eigenvalue weighted by Crippen LogP contribution is -2.12. The van der Waals surface area contributed by atoms with Crippen molar-refractivity contribution in [1.82, 2.24) is 0 Å². The second-order valence-electron chi connectivity index (χ2n) is 5.44. The monoisotopic (exact) mass is 376 g/mol. The van der Waals surface area contributed by atoms with Crippen LogP contribution >= 0.6 is 0 Å². The topological polar surface area (TPSA) is 55.4 Å². The Kier molecular flexibility index (Phi) is 9.92. The first-order valence-electron chi connectivity index (χ1n) is 9.18. The van der Waals surface area contributed by atoms with E-state index in [1.165, 1.54) is 0 Å². The smallest absolute Gasteiger partial charge is 0.147 e. The van der Waals surface area contributed by atoms with E-state index in [1.807, 2.05) is 62.4 Å². The molecule has 0 saturated carbocycles. The van der Waals surface area contributed by atoms with Crippen LogP contribution < -0.4 is 18.9 Å². The molecule has 0 aliphatic carbocycles. The van der Waals surface area contributed by atoms with Gasteiger partial charge in [0.25, 0.3) is 0 Å². The van der Waals surface area contributed by atoms with Gasteiger partial charge >= 0.3 is 0 Å². The van der Waals surface area contributed by atoms with Gasteiger partial charge in [-0.2, -0.15) is 0 Å². The molecular formula is C21H28O6. The Labute approximate surface area is 160 Å². The summed E-state index contributed by atoms with van der Waals surface area (Å²) in [7, 11) is 0. The van der Waals surface area contributed by atoms with Gasteiger partial charge in [0.1, 0.15) is 43.0 Å². The van der Waals surface area contributed by atoms with Gasteiger partial charge in [-0.15, -0.1) is 0 Å². The van der Waals surface area contributed by atoms with Gasteiger partial charge in [-0.05, 0) is 62.4 Å². The highest BCUT2D eigenvalue weighted by Crippen LogP contribution is 2.18. The average Bonchev–Trinajstić information content (AvgIpc) is 2.69. The Morgan fingerprint density at radius 1 is 0.481 bits per heavy atom. The van der Waals surface area contributed by atoms with Crippen molar-refractivity contribution in [2.75, 3.05) is 46.4 Å². The largest absolute Gasteiger partial charge is 0.494 e. The van der Waals surface area contributed by atoms with Gasteiger partial charge in [0, 0.05) is 0 Å². The van der Waals surface area contributed by atoms with E-state index in [4.69, 9.17) is 28.4 Å². The van der Waals surface area contributed by atoms with Gasteiger partial charge in [0.2, 0.25) is 0 Å². The summed E-state index contributed by atoms with van der Waals surface area (Å²) in [4.78, 5) is 0. The van der Waals surface area contributed by atoms with E-state index in [-0.39, 0.29) is 6.79 Å². The lowest BCUT2D eigenvalue weighted by Gasteiger charge is -2.10. The maximum Gasteiger partial charge on any atom is 0.147 e. The molecule has 6 nitrogen and oxygen atoms in total. The third-order valence-electron chi connectivity index (χ3n) is 3.43. The van der Waals surface area contributed by atoms with E-state index >= 15 is 0 Å². The third-order valence-corrected chi connectivity index (χ3v) is 3.43. The zero-order valence-corrected chi connectivity index (χ0v) is 16.0. The number of ether oxygens (including phenoxy) is 6. The molecular weight excluding hydrogens is 348 g/mol. The van der Waals surface area contributed by atoms with E-state index in [2.05, 4.69) is 0 Å². The normalized spacial score (nSPS) is 10.4. The lowest BCUT2D eigenvalue weighted by molar-refractivity contribution is -0.0662.